The smallest absolute Gasteiger partial charge is 0.0995 e. The Labute approximate surface area is 107 Å². The van der Waals surface area contributed by atoms with E-state index in [4.69, 9.17) is 10.5 Å². The molecule has 6 nitrogen and oxygen atoms in total. The SMILES string of the molecule is NCCCOC[C@@H]1[C@@H](O)[C@@H](O)[C@H]2[C@H](O)CCCN21. The van der Waals surface area contributed by atoms with Crippen molar-refractivity contribution >= 4 is 0 Å². The van der Waals surface area contributed by atoms with E-state index in [1.807, 2.05) is 4.90 Å². The van der Waals surface area contributed by atoms with Crippen molar-refractivity contribution in [2.45, 2.75) is 49.7 Å². The molecule has 2 heterocycles. The van der Waals surface area contributed by atoms with E-state index in [1.54, 1.807) is 0 Å². The number of hydrogen-bond acceptors (Lipinski definition) is 6. The van der Waals surface area contributed by atoms with Crippen molar-refractivity contribution in [2.24, 2.45) is 5.73 Å². The van der Waals surface area contributed by atoms with E-state index >= 15 is 0 Å². The molecule has 5 atom stereocenters. The summed E-state index contributed by atoms with van der Waals surface area (Å²) in [6.07, 6.45) is 0.0703. The zero-order valence-electron chi connectivity index (χ0n) is 10.6. The average Bonchev–Trinajstić information content (AvgIpc) is 2.60. The monoisotopic (exact) mass is 260 g/mol. The van der Waals surface area contributed by atoms with Crippen LogP contribution in [0.25, 0.3) is 0 Å². The molecular formula is C12H24N2O4. The molecule has 2 aliphatic heterocycles. The number of piperidine rings is 1. The van der Waals surface area contributed by atoms with Crippen molar-refractivity contribution in [3.05, 3.63) is 0 Å². The molecular weight excluding hydrogens is 236 g/mol. The summed E-state index contributed by atoms with van der Waals surface area (Å²) in [4.78, 5) is 1.99. The lowest BCUT2D eigenvalue weighted by atomic mass is 9.97. The maximum atomic E-state index is 10.1. The third-order valence-corrected chi connectivity index (χ3v) is 3.99. The molecule has 5 N–H and O–H groups in total. The van der Waals surface area contributed by atoms with Crippen molar-refractivity contribution in [3.63, 3.8) is 0 Å². The second-order valence-corrected chi connectivity index (χ2v) is 5.20. The summed E-state index contributed by atoms with van der Waals surface area (Å²) < 4.78 is 5.49. The molecule has 0 aromatic rings. The first kappa shape index (κ1) is 14.2. The van der Waals surface area contributed by atoms with Crippen LogP contribution in [0, 0.1) is 0 Å². The lowest BCUT2D eigenvalue weighted by Crippen LogP contribution is -2.51. The first-order valence-electron chi connectivity index (χ1n) is 6.74. The normalized spacial score (nSPS) is 41.0. The summed E-state index contributed by atoms with van der Waals surface area (Å²) in [6.45, 7) is 2.32. The van der Waals surface area contributed by atoms with E-state index in [1.165, 1.54) is 0 Å². The number of nitrogens with zero attached hydrogens (tertiary/aromatic N) is 1. The summed E-state index contributed by atoms with van der Waals surface area (Å²) >= 11 is 0. The molecule has 0 aliphatic carbocycles. The highest BCUT2D eigenvalue weighted by Crippen LogP contribution is 2.32. The first-order valence-corrected chi connectivity index (χ1v) is 6.74. The van der Waals surface area contributed by atoms with Gasteiger partial charge in [-0.25, -0.2) is 0 Å². The number of rotatable bonds is 5. The molecule has 2 saturated heterocycles. The number of ether oxygens (including phenoxy) is 1. The van der Waals surface area contributed by atoms with Crippen molar-refractivity contribution in [1.29, 1.82) is 0 Å². The minimum atomic E-state index is -0.886. The molecule has 2 aliphatic rings. The largest absolute Gasteiger partial charge is 0.391 e. The fourth-order valence-electron chi connectivity index (χ4n) is 3.04. The molecule has 0 aromatic carbocycles. The summed E-state index contributed by atoms with van der Waals surface area (Å²) in [5.41, 5.74) is 5.38. The highest BCUT2D eigenvalue weighted by atomic mass is 16.5. The van der Waals surface area contributed by atoms with Gasteiger partial charge >= 0.3 is 0 Å². The molecule has 2 fully saturated rings. The van der Waals surface area contributed by atoms with E-state index in [-0.39, 0.29) is 12.1 Å². The van der Waals surface area contributed by atoms with Gasteiger partial charge in [-0.3, -0.25) is 4.90 Å². The van der Waals surface area contributed by atoms with E-state index in [2.05, 4.69) is 0 Å². The van der Waals surface area contributed by atoms with Crippen LogP contribution in [0.4, 0.5) is 0 Å². The van der Waals surface area contributed by atoms with E-state index in [0.29, 0.717) is 26.2 Å². The highest BCUT2D eigenvalue weighted by Gasteiger charge is 2.51. The van der Waals surface area contributed by atoms with E-state index in [9.17, 15) is 15.3 Å². The Morgan fingerprint density at radius 1 is 1.22 bits per heavy atom. The van der Waals surface area contributed by atoms with Gasteiger partial charge in [-0.1, -0.05) is 0 Å². The Kier molecular flexibility index (Phi) is 4.94. The van der Waals surface area contributed by atoms with Crippen molar-refractivity contribution in [1.82, 2.24) is 4.90 Å². The lowest BCUT2D eigenvalue weighted by Gasteiger charge is -2.37. The van der Waals surface area contributed by atoms with Crippen LogP contribution in [-0.2, 0) is 4.74 Å². The zero-order valence-corrected chi connectivity index (χ0v) is 10.6. The Balaban J connectivity index is 1.93. The molecule has 0 radical (unpaired) electrons. The fraction of sp³-hybridized carbons (Fsp3) is 1.00. The Hall–Kier alpha value is -0.240. The molecule has 6 heteroatoms. The quantitative estimate of drug-likeness (QED) is 0.439. The topological polar surface area (TPSA) is 99.2 Å². The van der Waals surface area contributed by atoms with E-state index < -0.39 is 18.3 Å². The van der Waals surface area contributed by atoms with Crippen LogP contribution < -0.4 is 5.73 Å². The molecule has 0 saturated carbocycles. The predicted octanol–water partition coefficient (Wildman–Crippen LogP) is -1.72. The molecule has 0 bridgehead atoms. The lowest BCUT2D eigenvalue weighted by molar-refractivity contribution is -0.0316. The van der Waals surface area contributed by atoms with Crippen LogP contribution in [-0.4, -0.2) is 76.9 Å². The van der Waals surface area contributed by atoms with Gasteiger partial charge in [0, 0.05) is 6.61 Å². The van der Waals surface area contributed by atoms with Crippen molar-refractivity contribution < 1.29 is 20.1 Å². The number of aliphatic hydroxyl groups is 3. The van der Waals surface area contributed by atoms with Crippen molar-refractivity contribution in [2.75, 3.05) is 26.3 Å². The summed E-state index contributed by atoms with van der Waals surface area (Å²) in [7, 11) is 0. The second-order valence-electron chi connectivity index (χ2n) is 5.20. The third-order valence-electron chi connectivity index (χ3n) is 3.99. The average molecular weight is 260 g/mol. The van der Waals surface area contributed by atoms with Gasteiger partial charge in [0.2, 0.25) is 0 Å². The number of aliphatic hydroxyl groups excluding tert-OH is 3. The summed E-state index contributed by atoms with van der Waals surface area (Å²) in [5.74, 6) is 0. The van der Waals surface area contributed by atoms with Gasteiger partial charge in [-0.2, -0.15) is 0 Å². The number of nitrogens with two attached hydrogens (primary N) is 1. The highest BCUT2D eigenvalue weighted by molar-refractivity contribution is 5.05. The standard InChI is InChI=1S/C12H24N2O4/c13-4-2-6-18-7-8-11(16)12(17)10-9(15)3-1-5-14(8)10/h8-12,15-17H,1-7,13H2/t8-,9-,10-,11-,12+/m1/s1. The minimum absolute atomic E-state index is 0.224. The van der Waals surface area contributed by atoms with E-state index in [0.717, 1.165) is 19.4 Å². The second kappa shape index (κ2) is 6.27. The van der Waals surface area contributed by atoms with Gasteiger partial charge in [0.1, 0.15) is 0 Å². The molecule has 106 valence electrons. The Morgan fingerprint density at radius 3 is 2.72 bits per heavy atom. The molecule has 2 rings (SSSR count). The maximum Gasteiger partial charge on any atom is 0.0995 e. The fourth-order valence-corrected chi connectivity index (χ4v) is 3.04. The van der Waals surface area contributed by atoms with Crippen LogP contribution in [0.1, 0.15) is 19.3 Å². The first-order chi connectivity index (χ1) is 8.66. The number of fused-ring (bicyclic) bond motifs is 1. The summed E-state index contributed by atoms with van der Waals surface area (Å²) in [5, 5.41) is 30.0. The third kappa shape index (κ3) is 2.68. The van der Waals surface area contributed by atoms with Crippen molar-refractivity contribution in [3.8, 4) is 0 Å². The van der Waals surface area contributed by atoms with Gasteiger partial charge in [0.15, 0.2) is 0 Å². The van der Waals surface area contributed by atoms with Crippen LogP contribution in [0.5, 0.6) is 0 Å². The minimum Gasteiger partial charge on any atom is -0.391 e. The van der Waals surface area contributed by atoms with Gasteiger partial charge in [0.05, 0.1) is 37.0 Å². The van der Waals surface area contributed by atoms with Crippen LogP contribution in [0.3, 0.4) is 0 Å². The van der Waals surface area contributed by atoms with Crippen LogP contribution in [0.15, 0.2) is 0 Å². The van der Waals surface area contributed by atoms with Crippen LogP contribution in [0.2, 0.25) is 0 Å². The molecule has 0 amide bonds. The Morgan fingerprint density at radius 2 is 2.00 bits per heavy atom. The molecule has 0 unspecified atom stereocenters. The molecule has 0 aromatic heterocycles. The predicted molar refractivity (Wildman–Crippen MR) is 66.0 cm³/mol. The van der Waals surface area contributed by atoms with Crippen LogP contribution >= 0.6 is 0 Å². The summed E-state index contributed by atoms with van der Waals surface area (Å²) in [6, 6.07) is -0.574. The molecule has 0 spiro atoms. The zero-order chi connectivity index (χ0) is 13.1. The molecule has 18 heavy (non-hydrogen) atoms. The Bertz CT molecular complexity index is 266. The van der Waals surface area contributed by atoms with Gasteiger partial charge in [-0.05, 0) is 32.4 Å². The van der Waals surface area contributed by atoms with Gasteiger partial charge in [0.25, 0.3) is 0 Å². The van der Waals surface area contributed by atoms with Gasteiger partial charge < -0.3 is 25.8 Å². The number of hydrogen-bond donors (Lipinski definition) is 4. The maximum absolute atomic E-state index is 10.1. The van der Waals surface area contributed by atoms with Gasteiger partial charge in [-0.15, -0.1) is 0 Å².